The summed E-state index contributed by atoms with van der Waals surface area (Å²) >= 11 is 1.29. The maximum absolute atomic E-state index is 13.6. The molecule has 33 heavy (non-hydrogen) atoms. The highest BCUT2D eigenvalue weighted by Gasteiger charge is 2.32. The lowest BCUT2D eigenvalue weighted by Gasteiger charge is -2.24. The maximum Gasteiger partial charge on any atom is 0.338 e. The molecule has 5 rings (SSSR count). The molecule has 2 aromatic carbocycles. The van der Waals surface area contributed by atoms with Crippen LogP contribution in [-0.2, 0) is 9.53 Å². The van der Waals surface area contributed by atoms with Crippen LogP contribution in [0.5, 0.6) is 0 Å². The lowest BCUT2D eigenvalue weighted by molar-refractivity contribution is -0.136. The Labute approximate surface area is 193 Å². The molecular formula is C26H21N3O3S. The molecule has 0 radical (unpaired) electrons. The Morgan fingerprint density at radius 1 is 1.09 bits per heavy atom. The van der Waals surface area contributed by atoms with Crippen LogP contribution in [0.4, 0.5) is 0 Å². The molecule has 0 bridgehead atoms. The summed E-state index contributed by atoms with van der Waals surface area (Å²) < 4.78 is 7.12. The number of nitrogens with zero attached hydrogens (tertiary/aromatic N) is 3. The summed E-state index contributed by atoms with van der Waals surface area (Å²) in [6.07, 6.45) is 1.78. The van der Waals surface area contributed by atoms with Crippen molar-refractivity contribution < 1.29 is 9.53 Å². The number of carbonyl (C=O) groups excluding carboxylic acids is 1. The number of hydrogen-bond acceptors (Lipinski definition) is 6. The Bertz CT molecular complexity index is 1610. The number of carbonyl (C=O) groups is 1. The highest BCUT2D eigenvalue weighted by molar-refractivity contribution is 7.07. The van der Waals surface area contributed by atoms with E-state index in [2.05, 4.69) is 11.1 Å². The number of aromatic nitrogens is 2. The normalized spacial score (nSPS) is 16.0. The third-order valence-corrected chi connectivity index (χ3v) is 6.67. The minimum atomic E-state index is -0.607. The lowest BCUT2D eigenvalue weighted by atomic mass is 9.96. The topological polar surface area (TPSA) is 73.6 Å². The van der Waals surface area contributed by atoms with E-state index in [9.17, 15) is 9.59 Å². The molecule has 0 spiro atoms. The van der Waals surface area contributed by atoms with E-state index in [4.69, 9.17) is 9.72 Å². The van der Waals surface area contributed by atoms with Gasteiger partial charge < -0.3 is 4.74 Å². The number of hydrogen-bond donors (Lipinski definition) is 0. The summed E-state index contributed by atoms with van der Waals surface area (Å²) in [5, 5.41) is 1.05. The van der Waals surface area contributed by atoms with Gasteiger partial charge in [-0.15, -0.1) is 0 Å². The van der Waals surface area contributed by atoms with Gasteiger partial charge in [0.05, 0.1) is 40.2 Å². The van der Waals surface area contributed by atoms with Gasteiger partial charge >= 0.3 is 5.97 Å². The summed E-state index contributed by atoms with van der Waals surface area (Å²) in [7, 11) is 1.34. The highest BCUT2D eigenvalue weighted by atomic mass is 32.1. The van der Waals surface area contributed by atoms with Gasteiger partial charge in [-0.25, -0.2) is 14.8 Å². The van der Waals surface area contributed by atoms with E-state index < -0.39 is 12.0 Å². The van der Waals surface area contributed by atoms with Crippen molar-refractivity contribution in [2.24, 2.45) is 4.99 Å². The van der Waals surface area contributed by atoms with Crippen LogP contribution in [0, 0.1) is 6.92 Å². The molecule has 0 saturated carbocycles. The second-order valence-electron chi connectivity index (χ2n) is 7.92. The van der Waals surface area contributed by atoms with E-state index in [1.165, 1.54) is 24.0 Å². The van der Waals surface area contributed by atoms with Crippen LogP contribution in [0.1, 0.15) is 29.8 Å². The van der Waals surface area contributed by atoms with Crippen molar-refractivity contribution in [3.05, 3.63) is 108 Å². The molecule has 164 valence electrons. The Morgan fingerprint density at radius 3 is 2.64 bits per heavy atom. The van der Waals surface area contributed by atoms with Gasteiger partial charge in [0.1, 0.15) is 0 Å². The zero-order chi connectivity index (χ0) is 23.1. The molecule has 0 saturated heterocycles. The molecule has 3 heterocycles. The highest BCUT2D eigenvalue weighted by Crippen LogP contribution is 2.30. The van der Waals surface area contributed by atoms with Gasteiger partial charge in [0.2, 0.25) is 0 Å². The smallest absolute Gasteiger partial charge is 0.338 e. The van der Waals surface area contributed by atoms with Crippen LogP contribution in [0.25, 0.3) is 17.0 Å². The first-order chi connectivity index (χ1) is 16.0. The summed E-state index contributed by atoms with van der Waals surface area (Å²) in [6, 6.07) is 18.8. The first kappa shape index (κ1) is 21.0. The molecule has 1 unspecified atom stereocenters. The van der Waals surface area contributed by atoms with Crippen molar-refractivity contribution in [2.45, 2.75) is 19.9 Å². The van der Waals surface area contributed by atoms with Crippen LogP contribution >= 0.6 is 11.3 Å². The first-order valence-corrected chi connectivity index (χ1v) is 11.3. The Morgan fingerprint density at radius 2 is 1.88 bits per heavy atom. The summed E-state index contributed by atoms with van der Waals surface area (Å²) in [5.41, 5.74) is 4.24. The number of fused-ring (bicyclic) bond motifs is 2. The number of ether oxygens (including phenoxy) is 1. The fourth-order valence-corrected chi connectivity index (χ4v) is 5.15. The Hall–Kier alpha value is -3.84. The van der Waals surface area contributed by atoms with Crippen LogP contribution in [0.3, 0.4) is 0 Å². The Kier molecular flexibility index (Phi) is 5.26. The lowest BCUT2D eigenvalue weighted by Crippen LogP contribution is -2.39. The third-order valence-electron chi connectivity index (χ3n) is 5.69. The molecule has 7 heteroatoms. The van der Waals surface area contributed by atoms with E-state index in [0.717, 1.165) is 16.5 Å². The molecule has 0 fully saturated rings. The van der Waals surface area contributed by atoms with Crippen LogP contribution in [-0.4, -0.2) is 22.6 Å². The largest absolute Gasteiger partial charge is 0.466 e. The SMILES string of the molecule is COC(=O)C1=C(C)N=c2s/c(=C/c3ccc4cc(C)ccc4n3)c(=O)n2C1c1ccccc1. The molecule has 1 aliphatic rings. The fraction of sp³-hybridized carbons (Fsp3) is 0.154. The van der Waals surface area contributed by atoms with Gasteiger partial charge in [-0.3, -0.25) is 9.36 Å². The first-order valence-electron chi connectivity index (χ1n) is 10.5. The van der Waals surface area contributed by atoms with E-state index in [1.54, 1.807) is 17.6 Å². The standard InChI is InChI=1S/C26H21N3O3S/c1-15-9-12-20-18(13-15)10-11-19(28-20)14-21-24(30)29-23(17-7-5-4-6-8-17)22(25(31)32-3)16(2)27-26(29)33-21/h4-14,23H,1-3H3/b21-14+. The van der Waals surface area contributed by atoms with Crippen LogP contribution in [0.2, 0.25) is 0 Å². The van der Waals surface area contributed by atoms with Crippen molar-refractivity contribution in [3.8, 4) is 0 Å². The average molecular weight is 456 g/mol. The molecule has 2 aromatic heterocycles. The molecule has 6 nitrogen and oxygen atoms in total. The molecule has 0 aliphatic carbocycles. The van der Waals surface area contributed by atoms with Gasteiger partial charge in [-0.2, -0.15) is 0 Å². The van der Waals surface area contributed by atoms with E-state index in [-0.39, 0.29) is 5.56 Å². The quantitative estimate of drug-likeness (QED) is 0.445. The third kappa shape index (κ3) is 3.70. The fourth-order valence-electron chi connectivity index (χ4n) is 4.12. The van der Waals surface area contributed by atoms with Gasteiger partial charge in [-0.1, -0.05) is 59.4 Å². The van der Waals surface area contributed by atoms with Gasteiger partial charge in [0.15, 0.2) is 4.80 Å². The zero-order valence-electron chi connectivity index (χ0n) is 18.4. The molecule has 0 N–H and O–H groups in total. The number of pyridine rings is 1. The summed E-state index contributed by atoms with van der Waals surface area (Å²) in [4.78, 5) is 36.0. The number of rotatable bonds is 3. The van der Waals surface area contributed by atoms with Gasteiger partial charge in [0.25, 0.3) is 5.56 Å². The van der Waals surface area contributed by atoms with Crippen molar-refractivity contribution in [1.29, 1.82) is 0 Å². The minimum absolute atomic E-state index is 0.215. The number of benzene rings is 2. The van der Waals surface area contributed by atoms with Crippen molar-refractivity contribution in [3.63, 3.8) is 0 Å². The van der Waals surface area contributed by atoms with Crippen molar-refractivity contribution in [2.75, 3.05) is 7.11 Å². The predicted molar refractivity (Wildman–Crippen MR) is 129 cm³/mol. The summed E-state index contributed by atoms with van der Waals surface area (Å²) in [5.74, 6) is -0.495. The van der Waals surface area contributed by atoms with Crippen molar-refractivity contribution in [1.82, 2.24) is 9.55 Å². The maximum atomic E-state index is 13.6. The van der Waals surface area contributed by atoms with Gasteiger partial charge in [0, 0.05) is 5.39 Å². The van der Waals surface area contributed by atoms with Crippen molar-refractivity contribution >= 4 is 34.3 Å². The van der Waals surface area contributed by atoms with E-state index in [0.29, 0.717) is 26.3 Å². The number of methoxy groups -OCH3 is 1. The Balaban J connectivity index is 1.71. The molecule has 1 atom stereocenters. The number of aryl methyl sites for hydroxylation is 1. The molecular weight excluding hydrogens is 434 g/mol. The number of thiazole rings is 1. The molecule has 0 amide bonds. The zero-order valence-corrected chi connectivity index (χ0v) is 19.2. The van der Waals surface area contributed by atoms with Gasteiger partial charge in [-0.05, 0) is 43.7 Å². The monoisotopic (exact) mass is 455 g/mol. The van der Waals surface area contributed by atoms with Crippen LogP contribution in [0.15, 0.2) is 81.7 Å². The predicted octanol–water partition coefficient (Wildman–Crippen LogP) is 3.26. The molecule has 1 aliphatic heterocycles. The van der Waals surface area contributed by atoms with E-state index >= 15 is 0 Å². The number of allylic oxidation sites excluding steroid dienone is 1. The van der Waals surface area contributed by atoms with E-state index in [1.807, 2.05) is 61.5 Å². The summed E-state index contributed by atoms with van der Waals surface area (Å²) in [6.45, 7) is 3.81. The second-order valence-corrected chi connectivity index (χ2v) is 8.93. The second kappa shape index (κ2) is 8.26. The molecule has 4 aromatic rings. The number of esters is 1. The minimum Gasteiger partial charge on any atom is -0.466 e. The van der Waals surface area contributed by atoms with Crippen LogP contribution < -0.4 is 14.9 Å². The average Bonchev–Trinajstić information content (AvgIpc) is 3.12.